The molecular formula is C18H16O4. The Labute approximate surface area is 128 Å². The molecule has 22 heavy (non-hydrogen) atoms. The quantitative estimate of drug-likeness (QED) is 0.840. The predicted molar refractivity (Wildman–Crippen MR) is 85.2 cm³/mol. The summed E-state index contributed by atoms with van der Waals surface area (Å²) < 4.78 is 0. The van der Waals surface area contributed by atoms with E-state index in [4.69, 9.17) is 10.2 Å². The van der Waals surface area contributed by atoms with Crippen molar-refractivity contribution < 1.29 is 19.8 Å². The van der Waals surface area contributed by atoms with Gasteiger partial charge in [0, 0.05) is 0 Å². The fourth-order valence-electron chi connectivity index (χ4n) is 2.17. The highest BCUT2D eigenvalue weighted by atomic mass is 16.4. The molecule has 2 N–H and O–H groups in total. The van der Waals surface area contributed by atoms with Gasteiger partial charge in [-0.15, -0.1) is 0 Å². The van der Waals surface area contributed by atoms with Crippen molar-refractivity contribution in [3.05, 3.63) is 69.8 Å². The number of aromatic carboxylic acids is 2. The van der Waals surface area contributed by atoms with Crippen LogP contribution in [0.3, 0.4) is 0 Å². The molecule has 0 aliphatic carbocycles. The third kappa shape index (κ3) is 3.41. The number of benzene rings is 2. The maximum Gasteiger partial charge on any atom is 0.335 e. The van der Waals surface area contributed by atoms with Crippen molar-refractivity contribution in [1.29, 1.82) is 0 Å². The van der Waals surface area contributed by atoms with Gasteiger partial charge in [0.15, 0.2) is 0 Å². The van der Waals surface area contributed by atoms with Crippen LogP contribution in [0, 0.1) is 13.8 Å². The highest BCUT2D eigenvalue weighted by molar-refractivity contribution is 5.89. The largest absolute Gasteiger partial charge is 0.478 e. The molecule has 0 atom stereocenters. The molecule has 0 saturated carbocycles. The molecular weight excluding hydrogens is 280 g/mol. The Balaban J connectivity index is 2.29. The standard InChI is InChI=1S/C18H16O4/c1-11-9-15(17(19)20)7-5-13(11)3-4-14-6-8-16(18(21)22)10-12(14)2/h3-10H,1-2H3,(H,19,20)(H,21,22)/b4-3+. The first-order chi connectivity index (χ1) is 10.4. The lowest BCUT2D eigenvalue weighted by atomic mass is 10.0. The monoisotopic (exact) mass is 296 g/mol. The van der Waals surface area contributed by atoms with Crippen LogP contribution in [0.1, 0.15) is 43.0 Å². The van der Waals surface area contributed by atoms with Crippen molar-refractivity contribution in [1.82, 2.24) is 0 Å². The molecule has 0 bridgehead atoms. The molecule has 2 rings (SSSR count). The van der Waals surface area contributed by atoms with Crippen LogP contribution in [0.5, 0.6) is 0 Å². The molecule has 4 heteroatoms. The van der Waals surface area contributed by atoms with Gasteiger partial charge in [0.25, 0.3) is 0 Å². The Kier molecular flexibility index (Phi) is 4.41. The van der Waals surface area contributed by atoms with Crippen LogP contribution in [-0.2, 0) is 0 Å². The van der Waals surface area contributed by atoms with E-state index in [0.717, 1.165) is 22.3 Å². The van der Waals surface area contributed by atoms with Crippen molar-refractivity contribution in [2.75, 3.05) is 0 Å². The van der Waals surface area contributed by atoms with Crippen molar-refractivity contribution >= 4 is 24.1 Å². The van der Waals surface area contributed by atoms with Gasteiger partial charge in [-0.05, 0) is 60.4 Å². The van der Waals surface area contributed by atoms with E-state index in [-0.39, 0.29) is 11.1 Å². The average Bonchev–Trinajstić information content (AvgIpc) is 2.46. The van der Waals surface area contributed by atoms with Crippen LogP contribution >= 0.6 is 0 Å². The van der Waals surface area contributed by atoms with Crippen LogP contribution in [0.25, 0.3) is 12.2 Å². The van der Waals surface area contributed by atoms with Crippen molar-refractivity contribution in [3.8, 4) is 0 Å². The molecule has 0 saturated heterocycles. The van der Waals surface area contributed by atoms with Crippen LogP contribution in [-0.4, -0.2) is 22.2 Å². The fraction of sp³-hybridized carbons (Fsp3) is 0.111. The molecule has 0 aliphatic heterocycles. The topological polar surface area (TPSA) is 74.6 Å². The summed E-state index contributed by atoms with van der Waals surface area (Å²) in [5, 5.41) is 17.9. The Morgan fingerprint density at radius 3 is 1.41 bits per heavy atom. The van der Waals surface area contributed by atoms with E-state index in [1.807, 2.05) is 26.0 Å². The summed E-state index contributed by atoms with van der Waals surface area (Å²) in [5.74, 6) is -1.89. The number of aryl methyl sites for hydroxylation is 2. The van der Waals surface area contributed by atoms with Crippen LogP contribution in [0.4, 0.5) is 0 Å². The van der Waals surface area contributed by atoms with E-state index in [1.165, 1.54) is 0 Å². The molecule has 0 amide bonds. The molecule has 0 spiro atoms. The lowest BCUT2D eigenvalue weighted by molar-refractivity contribution is 0.0686. The number of carbonyl (C=O) groups is 2. The summed E-state index contributed by atoms with van der Waals surface area (Å²) in [7, 11) is 0. The van der Waals surface area contributed by atoms with Crippen LogP contribution < -0.4 is 0 Å². The van der Waals surface area contributed by atoms with E-state index >= 15 is 0 Å². The minimum absolute atomic E-state index is 0.261. The second-order valence-electron chi connectivity index (χ2n) is 5.09. The average molecular weight is 296 g/mol. The van der Waals surface area contributed by atoms with Crippen molar-refractivity contribution in [3.63, 3.8) is 0 Å². The Morgan fingerprint density at radius 2 is 1.14 bits per heavy atom. The summed E-state index contributed by atoms with van der Waals surface area (Å²) in [4.78, 5) is 21.8. The minimum atomic E-state index is -0.946. The Hall–Kier alpha value is -2.88. The van der Waals surface area contributed by atoms with Gasteiger partial charge in [0.05, 0.1) is 11.1 Å². The highest BCUT2D eigenvalue weighted by Gasteiger charge is 2.05. The molecule has 0 aromatic heterocycles. The van der Waals surface area contributed by atoms with Crippen LogP contribution in [0.2, 0.25) is 0 Å². The molecule has 0 radical (unpaired) electrons. The predicted octanol–water partition coefficient (Wildman–Crippen LogP) is 3.87. The normalized spacial score (nSPS) is 10.8. The third-order valence-corrected chi connectivity index (χ3v) is 3.48. The SMILES string of the molecule is Cc1cc(C(=O)O)ccc1/C=C/c1ccc(C(=O)O)cc1C. The highest BCUT2D eigenvalue weighted by Crippen LogP contribution is 2.18. The first-order valence-corrected chi connectivity index (χ1v) is 6.74. The van der Waals surface area contributed by atoms with Crippen LogP contribution in [0.15, 0.2) is 36.4 Å². The summed E-state index contributed by atoms with van der Waals surface area (Å²) >= 11 is 0. The molecule has 0 unspecified atom stereocenters. The molecule has 2 aromatic carbocycles. The van der Waals surface area contributed by atoms with E-state index in [0.29, 0.717) is 0 Å². The molecule has 2 aromatic rings. The van der Waals surface area contributed by atoms with E-state index < -0.39 is 11.9 Å². The molecule has 0 heterocycles. The second kappa shape index (κ2) is 6.26. The maximum atomic E-state index is 10.9. The van der Waals surface area contributed by atoms with Crippen molar-refractivity contribution in [2.45, 2.75) is 13.8 Å². The zero-order valence-corrected chi connectivity index (χ0v) is 12.3. The van der Waals surface area contributed by atoms with Crippen molar-refractivity contribution in [2.24, 2.45) is 0 Å². The lowest BCUT2D eigenvalue weighted by Gasteiger charge is -2.04. The maximum absolute atomic E-state index is 10.9. The van der Waals surface area contributed by atoms with Gasteiger partial charge in [-0.1, -0.05) is 24.3 Å². The molecule has 0 aliphatic rings. The minimum Gasteiger partial charge on any atom is -0.478 e. The summed E-state index contributed by atoms with van der Waals surface area (Å²) in [5.41, 5.74) is 4.11. The number of hydrogen-bond donors (Lipinski definition) is 2. The van der Waals surface area contributed by atoms with E-state index in [1.54, 1.807) is 36.4 Å². The van der Waals surface area contributed by atoms with Gasteiger partial charge in [-0.3, -0.25) is 0 Å². The first kappa shape index (κ1) is 15.5. The van der Waals surface area contributed by atoms with Gasteiger partial charge >= 0.3 is 11.9 Å². The van der Waals surface area contributed by atoms with Gasteiger partial charge < -0.3 is 10.2 Å². The van der Waals surface area contributed by atoms with Gasteiger partial charge in [-0.2, -0.15) is 0 Å². The number of carboxylic acids is 2. The summed E-state index contributed by atoms with van der Waals surface area (Å²) in [6.07, 6.45) is 3.79. The lowest BCUT2D eigenvalue weighted by Crippen LogP contribution is -1.97. The van der Waals surface area contributed by atoms with E-state index in [9.17, 15) is 9.59 Å². The zero-order valence-electron chi connectivity index (χ0n) is 12.3. The molecule has 0 fully saturated rings. The number of carboxylic acid groups (broad SMARTS) is 2. The molecule has 4 nitrogen and oxygen atoms in total. The summed E-state index contributed by atoms with van der Waals surface area (Å²) in [6, 6.07) is 9.90. The zero-order chi connectivity index (χ0) is 16.3. The van der Waals surface area contributed by atoms with Gasteiger partial charge in [-0.25, -0.2) is 9.59 Å². The number of rotatable bonds is 4. The van der Waals surface area contributed by atoms with E-state index in [2.05, 4.69) is 0 Å². The number of hydrogen-bond acceptors (Lipinski definition) is 2. The molecule has 112 valence electrons. The van der Waals surface area contributed by atoms with Gasteiger partial charge in [0.1, 0.15) is 0 Å². The van der Waals surface area contributed by atoms with Gasteiger partial charge in [0.2, 0.25) is 0 Å². The Morgan fingerprint density at radius 1 is 0.773 bits per heavy atom. The Bertz CT molecular complexity index is 707. The summed E-state index contributed by atoms with van der Waals surface area (Å²) in [6.45, 7) is 3.71. The first-order valence-electron chi connectivity index (χ1n) is 6.74. The fourth-order valence-corrected chi connectivity index (χ4v) is 2.17. The second-order valence-corrected chi connectivity index (χ2v) is 5.09. The smallest absolute Gasteiger partial charge is 0.335 e. The third-order valence-electron chi connectivity index (χ3n) is 3.48.